The van der Waals surface area contributed by atoms with E-state index >= 15 is 0 Å². The van der Waals surface area contributed by atoms with Crippen molar-refractivity contribution in [2.24, 2.45) is 0 Å². The molecule has 0 amide bonds. The molecule has 0 bridgehead atoms. The van der Waals surface area contributed by atoms with Gasteiger partial charge in [-0.3, -0.25) is 0 Å². The summed E-state index contributed by atoms with van der Waals surface area (Å²) in [6.07, 6.45) is 6.11. The Balaban J connectivity index is 1.95. The lowest BCUT2D eigenvalue weighted by molar-refractivity contribution is 0.228. The van der Waals surface area contributed by atoms with Gasteiger partial charge in [0.15, 0.2) is 0 Å². The van der Waals surface area contributed by atoms with Crippen LogP contribution in [0.15, 0.2) is 12.1 Å². The van der Waals surface area contributed by atoms with Gasteiger partial charge in [-0.05, 0) is 56.8 Å². The molecule has 4 nitrogen and oxygen atoms in total. The van der Waals surface area contributed by atoms with Crippen LogP contribution < -0.4 is 15.8 Å². The van der Waals surface area contributed by atoms with Crippen LogP contribution in [-0.4, -0.2) is 37.7 Å². The molecule has 1 aliphatic rings. The average molecular weight is 305 g/mol. The van der Waals surface area contributed by atoms with Gasteiger partial charge >= 0.3 is 0 Å². The molecule has 4 heteroatoms. The second-order valence-electron chi connectivity index (χ2n) is 6.13. The number of hydrogen-bond acceptors (Lipinski definition) is 4. The SMILES string of the molecule is CCc1cc(N)c(OC)cc1NCCC(CC)N1CCCC1. The zero-order valence-electron chi connectivity index (χ0n) is 14.3. The summed E-state index contributed by atoms with van der Waals surface area (Å²) in [6.45, 7) is 8.00. The smallest absolute Gasteiger partial charge is 0.143 e. The molecule has 3 N–H and O–H groups in total. The summed E-state index contributed by atoms with van der Waals surface area (Å²) in [5, 5.41) is 3.59. The van der Waals surface area contributed by atoms with Crippen molar-refractivity contribution >= 4 is 11.4 Å². The van der Waals surface area contributed by atoms with Gasteiger partial charge in [0, 0.05) is 24.3 Å². The molecular weight excluding hydrogens is 274 g/mol. The normalized spacial score (nSPS) is 16.7. The maximum Gasteiger partial charge on any atom is 0.143 e. The minimum Gasteiger partial charge on any atom is -0.495 e. The Morgan fingerprint density at radius 2 is 2.00 bits per heavy atom. The fraction of sp³-hybridized carbons (Fsp3) is 0.667. The Hall–Kier alpha value is -1.42. The lowest BCUT2D eigenvalue weighted by Crippen LogP contribution is -2.33. The van der Waals surface area contributed by atoms with Crippen LogP contribution in [0.2, 0.25) is 0 Å². The topological polar surface area (TPSA) is 50.5 Å². The van der Waals surface area contributed by atoms with E-state index in [1.807, 2.05) is 12.1 Å². The fourth-order valence-corrected chi connectivity index (χ4v) is 3.40. The Bertz CT molecular complexity index is 470. The monoisotopic (exact) mass is 305 g/mol. The van der Waals surface area contributed by atoms with Crippen LogP contribution in [0.25, 0.3) is 0 Å². The number of rotatable bonds is 8. The third kappa shape index (κ3) is 4.07. The molecule has 1 unspecified atom stereocenters. The maximum absolute atomic E-state index is 6.00. The number of likely N-dealkylation sites (tertiary alicyclic amines) is 1. The van der Waals surface area contributed by atoms with E-state index in [0.717, 1.165) is 24.4 Å². The Kier molecular flexibility index (Phi) is 6.37. The number of ether oxygens (including phenoxy) is 1. The van der Waals surface area contributed by atoms with Crippen LogP contribution in [0.5, 0.6) is 5.75 Å². The van der Waals surface area contributed by atoms with Crippen LogP contribution in [0.1, 0.15) is 45.1 Å². The molecule has 0 spiro atoms. The summed E-state index contributed by atoms with van der Waals surface area (Å²) >= 11 is 0. The third-order valence-electron chi connectivity index (χ3n) is 4.76. The van der Waals surface area contributed by atoms with Gasteiger partial charge in [-0.25, -0.2) is 0 Å². The third-order valence-corrected chi connectivity index (χ3v) is 4.76. The number of nitrogens with two attached hydrogens (primary N) is 1. The van der Waals surface area contributed by atoms with E-state index < -0.39 is 0 Å². The number of aryl methyl sites for hydroxylation is 1. The van der Waals surface area contributed by atoms with Gasteiger partial charge in [0.25, 0.3) is 0 Å². The first-order valence-electron chi connectivity index (χ1n) is 8.63. The summed E-state index contributed by atoms with van der Waals surface area (Å²) in [5.74, 6) is 0.756. The molecule has 0 aromatic heterocycles. The van der Waals surface area contributed by atoms with Crippen molar-refractivity contribution in [3.05, 3.63) is 17.7 Å². The van der Waals surface area contributed by atoms with Gasteiger partial charge < -0.3 is 20.7 Å². The average Bonchev–Trinajstić information content (AvgIpc) is 3.06. The van der Waals surface area contributed by atoms with Crippen molar-refractivity contribution < 1.29 is 4.74 Å². The Morgan fingerprint density at radius 1 is 1.27 bits per heavy atom. The van der Waals surface area contributed by atoms with Gasteiger partial charge in [0.1, 0.15) is 5.75 Å². The minimum atomic E-state index is 0.704. The molecule has 124 valence electrons. The van der Waals surface area contributed by atoms with Crippen molar-refractivity contribution in [1.82, 2.24) is 4.90 Å². The lowest BCUT2D eigenvalue weighted by Gasteiger charge is -2.27. The molecule has 1 aliphatic heterocycles. The maximum atomic E-state index is 6.00. The summed E-state index contributed by atoms with van der Waals surface area (Å²) in [7, 11) is 1.67. The highest BCUT2D eigenvalue weighted by Crippen LogP contribution is 2.29. The molecule has 1 saturated heterocycles. The highest BCUT2D eigenvalue weighted by molar-refractivity contribution is 5.66. The first-order chi connectivity index (χ1) is 10.7. The van der Waals surface area contributed by atoms with E-state index in [0.29, 0.717) is 11.7 Å². The van der Waals surface area contributed by atoms with E-state index in [-0.39, 0.29) is 0 Å². The quantitative estimate of drug-likeness (QED) is 0.722. The van der Waals surface area contributed by atoms with E-state index in [9.17, 15) is 0 Å². The van der Waals surface area contributed by atoms with Crippen molar-refractivity contribution in [2.75, 3.05) is 37.8 Å². The van der Waals surface area contributed by atoms with Gasteiger partial charge in [0.2, 0.25) is 0 Å². The highest BCUT2D eigenvalue weighted by atomic mass is 16.5. The fourth-order valence-electron chi connectivity index (χ4n) is 3.40. The van der Waals surface area contributed by atoms with Crippen molar-refractivity contribution in [3.8, 4) is 5.75 Å². The second kappa shape index (κ2) is 8.28. The largest absolute Gasteiger partial charge is 0.495 e. The highest BCUT2D eigenvalue weighted by Gasteiger charge is 2.20. The molecule has 1 fully saturated rings. The Labute approximate surface area is 135 Å². The molecule has 0 aliphatic carbocycles. The van der Waals surface area contributed by atoms with Crippen molar-refractivity contribution in [2.45, 2.75) is 52.0 Å². The van der Waals surface area contributed by atoms with E-state index in [1.54, 1.807) is 7.11 Å². The number of methoxy groups -OCH3 is 1. The minimum absolute atomic E-state index is 0.704. The summed E-state index contributed by atoms with van der Waals surface area (Å²) in [5.41, 5.74) is 9.13. The zero-order valence-corrected chi connectivity index (χ0v) is 14.3. The molecule has 2 rings (SSSR count). The predicted molar refractivity (Wildman–Crippen MR) is 94.8 cm³/mol. The molecule has 1 aromatic carbocycles. The van der Waals surface area contributed by atoms with Gasteiger partial charge in [-0.2, -0.15) is 0 Å². The van der Waals surface area contributed by atoms with Crippen LogP contribution in [0.3, 0.4) is 0 Å². The predicted octanol–water partition coefficient (Wildman–Crippen LogP) is 3.52. The Morgan fingerprint density at radius 3 is 2.59 bits per heavy atom. The van der Waals surface area contributed by atoms with Crippen LogP contribution in [-0.2, 0) is 6.42 Å². The zero-order chi connectivity index (χ0) is 15.9. The number of nitrogens with one attached hydrogen (secondary N) is 1. The van der Waals surface area contributed by atoms with Crippen LogP contribution in [0.4, 0.5) is 11.4 Å². The first kappa shape index (κ1) is 16.9. The number of benzene rings is 1. The van der Waals surface area contributed by atoms with Gasteiger partial charge in [0.05, 0.1) is 12.8 Å². The van der Waals surface area contributed by atoms with Crippen LogP contribution >= 0.6 is 0 Å². The first-order valence-corrected chi connectivity index (χ1v) is 8.63. The lowest BCUT2D eigenvalue weighted by atomic mass is 10.1. The van der Waals surface area contributed by atoms with E-state index in [4.69, 9.17) is 10.5 Å². The van der Waals surface area contributed by atoms with Crippen molar-refractivity contribution in [3.63, 3.8) is 0 Å². The van der Waals surface area contributed by atoms with E-state index in [1.165, 1.54) is 44.3 Å². The molecule has 1 atom stereocenters. The number of hydrogen-bond donors (Lipinski definition) is 2. The molecule has 22 heavy (non-hydrogen) atoms. The number of nitrogen functional groups attached to an aromatic ring is 1. The molecule has 0 saturated carbocycles. The van der Waals surface area contributed by atoms with Crippen molar-refractivity contribution in [1.29, 1.82) is 0 Å². The van der Waals surface area contributed by atoms with Gasteiger partial charge in [-0.1, -0.05) is 13.8 Å². The number of nitrogens with zero attached hydrogens (tertiary/aromatic N) is 1. The summed E-state index contributed by atoms with van der Waals surface area (Å²) in [4.78, 5) is 2.64. The second-order valence-corrected chi connectivity index (χ2v) is 6.13. The van der Waals surface area contributed by atoms with Crippen LogP contribution in [0, 0.1) is 0 Å². The molecule has 1 aromatic rings. The summed E-state index contributed by atoms with van der Waals surface area (Å²) < 4.78 is 5.34. The summed E-state index contributed by atoms with van der Waals surface area (Å²) in [6, 6.07) is 4.76. The molecule has 0 radical (unpaired) electrons. The standard InChI is InChI=1S/C18H31N3O/c1-4-14-12-16(19)18(22-3)13-17(14)20-9-8-15(5-2)21-10-6-7-11-21/h12-13,15,20H,4-11,19H2,1-3H3. The molecular formula is C18H31N3O. The molecule has 1 heterocycles. The number of anilines is 2. The van der Waals surface area contributed by atoms with E-state index in [2.05, 4.69) is 24.1 Å². The van der Waals surface area contributed by atoms with Gasteiger partial charge in [-0.15, -0.1) is 0 Å².